The van der Waals surface area contributed by atoms with Crippen LogP contribution < -0.4 is 4.34 Å². The lowest BCUT2D eigenvalue weighted by atomic mass is 10.2. The lowest BCUT2D eigenvalue weighted by molar-refractivity contribution is -0.384. The molecule has 64 valence electrons. The van der Waals surface area contributed by atoms with Crippen LogP contribution in [0.4, 0.5) is 11.4 Å². The minimum atomic E-state index is -0.412. The zero-order valence-corrected chi connectivity index (χ0v) is 7.96. The fraction of sp³-hybridized carbons (Fsp3) is 0.143. The molecule has 1 aromatic rings. The van der Waals surface area contributed by atoms with Gasteiger partial charge in [-0.25, -0.2) is 0 Å². The van der Waals surface area contributed by atoms with Gasteiger partial charge in [-0.3, -0.25) is 10.1 Å². The molecule has 0 heterocycles. The van der Waals surface area contributed by atoms with E-state index in [-0.39, 0.29) is 5.69 Å². The first-order valence-electron chi connectivity index (χ1n) is 3.27. The fourth-order valence-corrected chi connectivity index (χ4v) is 1.31. The third-order valence-corrected chi connectivity index (χ3v) is 1.95. The van der Waals surface area contributed by atoms with Gasteiger partial charge in [0.05, 0.1) is 4.92 Å². The van der Waals surface area contributed by atoms with E-state index in [1.54, 1.807) is 13.0 Å². The number of anilines is 1. The van der Waals surface area contributed by atoms with Crippen molar-refractivity contribution >= 4 is 27.5 Å². The molecular formula is C7H7BrN2O2. The summed E-state index contributed by atoms with van der Waals surface area (Å²) in [4.78, 5) is 9.91. The Kier molecular flexibility index (Phi) is 2.65. The number of benzene rings is 1. The topological polar surface area (TPSA) is 55.2 Å². The van der Waals surface area contributed by atoms with Gasteiger partial charge in [0.25, 0.3) is 5.69 Å². The van der Waals surface area contributed by atoms with E-state index in [2.05, 4.69) is 20.5 Å². The molecule has 0 unspecified atom stereocenters. The Bertz CT molecular complexity index is 314. The van der Waals surface area contributed by atoms with Crippen LogP contribution >= 0.6 is 16.1 Å². The Labute approximate surface area is 78.1 Å². The first-order valence-corrected chi connectivity index (χ1v) is 4.06. The summed E-state index contributed by atoms with van der Waals surface area (Å²) in [6, 6.07) is 4.63. The second-order valence-electron chi connectivity index (χ2n) is 2.35. The van der Waals surface area contributed by atoms with Gasteiger partial charge in [0.2, 0.25) is 0 Å². The number of non-ortho nitro benzene ring substituents is 1. The van der Waals surface area contributed by atoms with Crippen molar-refractivity contribution in [3.05, 3.63) is 33.9 Å². The van der Waals surface area contributed by atoms with E-state index in [9.17, 15) is 10.1 Å². The minimum Gasteiger partial charge on any atom is -0.322 e. The summed E-state index contributed by atoms with van der Waals surface area (Å²) < 4.78 is 2.75. The molecule has 5 heteroatoms. The molecule has 0 atom stereocenters. The summed E-state index contributed by atoms with van der Waals surface area (Å²) in [6.45, 7) is 1.80. The summed E-state index contributed by atoms with van der Waals surface area (Å²) in [5.41, 5.74) is 1.78. The molecular weight excluding hydrogens is 224 g/mol. The second-order valence-corrected chi connectivity index (χ2v) is 2.75. The number of aryl methyl sites for hydroxylation is 1. The summed E-state index contributed by atoms with van der Waals surface area (Å²) in [5, 5.41) is 10.3. The highest BCUT2D eigenvalue weighted by molar-refractivity contribution is 9.10. The maximum Gasteiger partial charge on any atom is 0.269 e. The largest absolute Gasteiger partial charge is 0.322 e. The van der Waals surface area contributed by atoms with Crippen LogP contribution in [0.3, 0.4) is 0 Å². The molecule has 1 aromatic carbocycles. The third kappa shape index (κ3) is 1.73. The fourth-order valence-electron chi connectivity index (χ4n) is 0.867. The summed E-state index contributed by atoms with van der Waals surface area (Å²) in [5.74, 6) is 0. The maximum absolute atomic E-state index is 10.3. The Morgan fingerprint density at radius 3 is 2.67 bits per heavy atom. The Balaban J connectivity index is 3.10. The molecule has 0 aliphatic rings. The van der Waals surface area contributed by atoms with Gasteiger partial charge in [0.15, 0.2) is 0 Å². The van der Waals surface area contributed by atoms with Gasteiger partial charge in [0, 0.05) is 34.0 Å². The van der Waals surface area contributed by atoms with Crippen LogP contribution in [0.25, 0.3) is 0 Å². The molecule has 0 spiro atoms. The average molecular weight is 231 g/mol. The van der Waals surface area contributed by atoms with Crippen LogP contribution in [-0.4, -0.2) is 4.92 Å². The lowest BCUT2D eigenvalue weighted by Gasteiger charge is -2.01. The van der Waals surface area contributed by atoms with Gasteiger partial charge in [-0.2, -0.15) is 0 Å². The zero-order chi connectivity index (χ0) is 9.14. The van der Waals surface area contributed by atoms with Crippen LogP contribution in [0.1, 0.15) is 5.56 Å². The van der Waals surface area contributed by atoms with Gasteiger partial charge in [-0.05, 0) is 18.6 Å². The van der Waals surface area contributed by atoms with Gasteiger partial charge in [0.1, 0.15) is 0 Å². The van der Waals surface area contributed by atoms with E-state index < -0.39 is 4.92 Å². The normalized spacial score (nSPS) is 9.50. The molecule has 1 rings (SSSR count). The Hall–Kier alpha value is -1.10. The monoisotopic (exact) mass is 230 g/mol. The molecule has 0 saturated heterocycles. The Morgan fingerprint density at radius 1 is 1.58 bits per heavy atom. The predicted molar refractivity (Wildman–Crippen MR) is 50.4 cm³/mol. The van der Waals surface area contributed by atoms with E-state index in [1.165, 1.54) is 12.1 Å². The van der Waals surface area contributed by atoms with Crippen molar-refractivity contribution in [1.82, 2.24) is 0 Å². The van der Waals surface area contributed by atoms with Gasteiger partial charge >= 0.3 is 0 Å². The number of nitro groups is 1. The number of hydrogen-bond donors (Lipinski definition) is 1. The number of nitro benzene ring substituents is 1. The van der Waals surface area contributed by atoms with Crippen LogP contribution in [0.5, 0.6) is 0 Å². The quantitative estimate of drug-likeness (QED) is 0.483. The third-order valence-electron chi connectivity index (χ3n) is 1.52. The highest BCUT2D eigenvalue weighted by Crippen LogP contribution is 2.21. The van der Waals surface area contributed by atoms with E-state index in [0.29, 0.717) is 0 Å². The van der Waals surface area contributed by atoms with Gasteiger partial charge < -0.3 is 4.34 Å². The van der Waals surface area contributed by atoms with Crippen molar-refractivity contribution in [3.8, 4) is 0 Å². The predicted octanol–water partition coefficient (Wildman–Crippen LogP) is 2.63. The van der Waals surface area contributed by atoms with Crippen LogP contribution in [0.2, 0.25) is 0 Å². The first-order chi connectivity index (χ1) is 5.65. The summed E-state index contributed by atoms with van der Waals surface area (Å²) in [6.07, 6.45) is 0. The molecule has 0 radical (unpaired) electrons. The summed E-state index contributed by atoms with van der Waals surface area (Å²) >= 11 is 3.05. The second kappa shape index (κ2) is 3.53. The van der Waals surface area contributed by atoms with E-state index in [4.69, 9.17) is 0 Å². The minimum absolute atomic E-state index is 0.110. The SMILES string of the molecule is Cc1cc([N+](=O)[O-])ccc1NBr. The van der Waals surface area contributed by atoms with Crippen molar-refractivity contribution < 1.29 is 4.92 Å². The average Bonchev–Trinajstić information content (AvgIpc) is 2.04. The van der Waals surface area contributed by atoms with Crippen LogP contribution in [-0.2, 0) is 0 Å². The van der Waals surface area contributed by atoms with Gasteiger partial charge in [-0.1, -0.05) is 0 Å². The number of halogens is 1. The van der Waals surface area contributed by atoms with Crippen molar-refractivity contribution in [2.45, 2.75) is 6.92 Å². The van der Waals surface area contributed by atoms with Crippen LogP contribution in [0.15, 0.2) is 18.2 Å². The molecule has 0 bridgehead atoms. The van der Waals surface area contributed by atoms with Crippen molar-refractivity contribution in [2.24, 2.45) is 0 Å². The Morgan fingerprint density at radius 2 is 2.25 bits per heavy atom. The van der Waals surface area contributed by atoms with Crippen molar-refractivity contribution in [3.63, 3.8) is 0 Å². The number of rotatable bonds is 2. The molecule has 0 aliphatic carbocycles. The number of hydrogen-bond acceptors (Lipinski definition) is 3. The molecule has 0 amide bonds. The highest BCUT2D eigenvalue weighted by Gasteiger charge is 2.06. The zero-order valence-electron chi connectivity index (χ0n) is 6.37. The number of nitrogens with zero attached hydrogens (tertiary/aromatic N) is 1. The number of nitrogens with one attached hydrogen (secondary N) is 1. The molecule has 12 heavy (non-hydrogen) atoms. The lowest BCUT2D eigenvalue weighted by Crippen LogP contribution is -1.90. The van der Waals surface area contributed by atoms with E-state index in [1.807, 2.05) is 0 Å². The van der Waals surface area contributed by atoms with Gasteiger partial charge in [-0.15, -0.1) is 0 Å². The van der Waals surface area contributed by atoms with Crippen LogP contribution in [0, 0.1) is 17.0 Å². The molecule has 1 N–H and O–H groups in total. The molecule has 0 saturated carbocycles. The molecule has 4 nitrogen and oxygen atoms in total. The molecule has 0 aromatic heterocycles. The standard InChI is InChI=1S/C7H7BrN2O2/c1-5-4-6(10(11)12)2-3-7(5)9-8/h2-4,9H,1H3. The van der Waals surface area contributed by atoms with Crippen molar-refractivity contribution in [1.29, 1.82) is 0 Å². The molecule has 0 aliphatic heterocycles. The maximum atomic E-state index is 10.3. The van der Waals surface area contributed by atoms with E-state index in [0.717, 1.165) is 11.3 Å². The molecule has 0 fully saturated rings. The highest BCUT2D eigenvalue weighted by atomic mass is 79.9. The smallest absolute Gasteiger partial charge is 0.269 e. The van der Waals surface area contributed by atoms with E-state index >= 15 is 0 Å². The van der Waals surface area contributed by atoms with Crippen molar-refractivity contribution in [2.75, 3.05) is 4.34 Å². The first kappa shape index (κ1) is 8.99. The summed E-state index contributed by atoms with van der Waals surface area (Å²) in [7, 11) is 0.